The maximum atomic E-state index is 12.4. The number of nitrogens with zero attached hydrogens (tertiary/aromatic N) is 4. The predicted octanol–water partition coefficient (Wildman–Crippen LogP) is 3.39. The molecule has 182 valence electrons. The van der Waals surface area contributed by atoms with Crippen LogP contribution in [0.3, 0.4) is 0 Å². The number of amides is 2. The highest BCUT2D eigenvalue weighted by atomic mass is 16.5. The minimum Gasteiger partial charge on any atom is -0.484 e. The monoisotopic (exact) mass is 474 g/mol. The Morgan fingerprint density at radius 2 is 1.63 bits per heavy atom. The van der Waals surface area contributed by atoms with E-state index in [1.165, 1.54) is 6.92 Å². The molecule has 0 radical (unpaired) electrons. The van der Waals surface area contributed by atoms with Crippen molar-refractivity contribution in [2.45, 2.75) is 13.8 Å². The number of hydrogen-bond acceptors (Lipinski definition) is 7. The zero-order valence-electron chi connectivity index (χ0n) is 20.0. The third kappa shape index (κ3) is 6.77. The van der Waals surface area contributed by atoms with Gasteiger partial charge in [-0.05, 0) is 49.0 Å². The summed E-state index contributed by atoms with van der Waals surface area (Å²) in [4.78, 5) is 36.7. The summed E-state index contributed by atoms with van der Waals surface area (Å²) in [6.45, 7) is 7.98. The maximum Gasteiger partial charge on any atom is 0.260 e. The number of hydrogen-bond donors (Lipinski definition) is 2. The van der Waals surface area contributed by atoms with Gasteiger partial charge in [0.05, 0.1) is 5.69 Å². The Balaban J connectivity index is 1.31. The average molecular weight is 475 g/mol. The van der Waals surface area contributed by atoms with Gasteiger partial charge in [0.1, 0.15) is 5.75 Å². The molecule has 0 atom stereocenters. The van der Waals surface area contributed by atoms with Gasteiger partial charge in [-0.25, -0.2) is 9.97 Å². The van der Waals surface area contributed by atoms with E-state index in [4.69, 9.17) is 4.74 Å². The van der Waals surface area contributed by atoms with Gasteiger partial charge in [-0.1, -0.05) is 19.1 Å². The molecule has 2 amide bonds. The zero-order valence-corrected chi connectivity index (χ0v) is 20.0. The first-order valence-corrected chi connectivity index (χ1v) is 11.7. The Labute approximate surface area is 205 Å². The van der Waals surface area contributed by atoms with E-state index in [9.17, 15) is 9.59 Å². The Morgan fingerprint density at radius 1 is 0.943 bits per heavy atom. The highest BCUT2D eigenvalue weighted by molar-refractivity contribution is 5.88. The molecule has 2 heterocycles. The Kier molecular flexibility index (Phi) is 7.89. The summed E-state index contributed by atoms with van der Waals surface area (Å²) in [5.74, 6) is 0.992. The summed E-state index contributed by atoms with van der Waals surface area (Å²) in [7, 11) is 0. The fourth-order valence-corrected chi connectivity index (χ4v) is 3.82. The number of likely N-dealkylation sites (N-methyl/N-ethyl adjacent to an activating group) is 1. The van der Waals surface area contributed by atoms with Crippen molar-refractivity contribution in [1.29, 1.82) is 0 Å². The van der Waals surface area contributed by atoms with E-state index in [1.807, 2.05) is 59.5 Å². The van der Waals surface area contributed by atoms with Gasteiger partial charge in [0, 0.05) is 56.2 Å². The molecule has 4 rings (SSSR count). The molecule has 1 aliphatic heterocycles. The number of carbonyl (C=O) groups is 2. The van der Waals surface area contributed by atoms with Crippen LogP contribution in [-0.2, 0) is 9.59 Å². The standard InChI is InChI=1S/C26H30N6O3/c1-3-31-14-16-32(17-15-31)25(34)18-35-23-10-8-22(9-11-23)29-26-27-13-12-24(30-26)20-4-6-21(7-5-20)28-19(2)33/h4-13H,3,14-18H2,1-2H3,(H,28,33)(H,27,29,30). The topological polar surface area (TPSA) is 99.7 Å². The number of benzene rings is 2. The van der Waals surface area contributed by atoms with Crippen LogP contribution in [0.25, 0.3) is 11.3 Å². The zero-order chi connectivity index (χ0) is 24.6. The van der Waals surface area contributed by atoms with Gasteiger partial charge in [-0.15, -0.1) is 0 Å². The van der Waals surface area contributed by atoms with Gasteiger partial charge in [-0.3, -0.25) is 9.59 Å². The van der Waals surface area contributed by atoms with Crippen LogP contribution in [0.1, 0.15) is 13.8 Å². The molecule has 35 heavy (non-hydrogen) atoms. The third-order valence-electron chi connectivity index (χ3n) is 5.80. The molecule has 0 spiro atoms. The molecule has 1 saturated heterocycles. The molecule has 2 aromatic carbocycles. The molecular formula is C26H30N6O3. The van der Waals surface area contributed by atoms with Crippen molar-refractivity contribution in [3.8, 4) is 17.0 Å². The number of carbonyl (C=O) groups excluding carboxylic acids is 2. The normalized spacial score (nSPS) is 13.8. The number of anilines is 3. The fourth-order valence-electron chi connectivity index (χ4n) is 3.82. The lowest BCUT2D eigenvalue weighted by molar-refractivity contribution is -0.135. The van der Waals surface area contributed by atoms with Crippen LogP contribution in [0, 0.1) is 0 Å². The van der Waals surface area contributed by atoms with Crippen molar-refractivity contribution in [2.75, 3.05) is 50.0 Å². The largest absolute Gasteiger partial charge is 0.484 e. The van der Waals surface area contributed by atoms with Crippen molar-refractivity contribution in [1.82, 2.24) is 19.8 Å². The lowest BCUT2D eigenvalue weighted by atomic mass is 10.1. The Hall–Kier alpha value is -3.98. The lowest BCUT2D eigenvalue weighted by Gasteiger charge is -2.33. The first-order chi connectivity index (χ1) is 17.0. The summed E-state index contributed by atoms with van der Waals surface area (Å²) >= 11 is 0. The Morgan fingerprint density at radius 3 is 2.29 bits per heavy atom. The van der Waals surface area contributed by atoms with E-state index in [1.54, 1.807) is 6.20 Å². The summed E-state index contributed by atoms with van der Waals surface area (Å²) in [5.41, 5.74) is 3.21. The van der Waals surface area contributed by atoms with E-state index in [0.717, 1.165) is 55.4 Å². The number of piperazine rings is 1. The smallest absolute Gasteiger partial charge is 0.260 e. The SMILES string of the molecule is CCN1CCN(C(=O)COc2ccc(Nc3nccc(-c4ccc(NC(C)=O)cc4)n3)cc2)CC1. The molecule has 2 N–H and O–H groups in total. The number of aromatic nitrogens is 2. The van der Waals surface area contributed by atoms with Crippen molar-refractivity contribution in [3.63, 3.8) is 0 Å². The van der Waals surface area contributed by atoms with Crippen LogP contribution in [0.15, 0.2) is 60.8 Å². The molecule has 1 fully saturated rings. The van der Waals surface area contributed by atoms with Crippen LogP contribution in [0.5, 0.6) is 5.75 Å². The van der Waals surface area contributed by atoms with E-state index >= 15 is 0 Å². The predicted molar refractivity (Wildman–Crippen MR) is 136 cm³/mol. The summed E-state index contributed by atoms with van der Waals surface area (Å²) < 4.78 is 5.70. The van der Waals surface area contributed by atoms with Crippen LogP contribution < -0.4 is 15.4 Å². The van der Waals surface area contributed by atoms with Crippen LogP contribution in [-0.4, -0.2) is 70.9 Å². The summed E-state index contributed by atoms with van der Waals surface area (Å²) in [5, 5.41) is 5.94. The van der Waals surface area contributed by atoms with Gasteiger partial charge < -0.3 is 25.2 Å². The molecule has 0 bridgehead atoms. The quantitative estimate of drug-likeness (QED) is 0.516. The minimum absolute atomic E-state index is 0.0123. The molecule has 3 aromatic rings. The maximum absolute atomic E-state index is 12.4. The minimum atomic E-state index is -0.111. The van der Waals surface area contributed by atoms with Gasteiger partial charge in [0.25, 0.3) is 5.91 Å². The van der Waals surface area contributed by atoms with Gasteiger partial charge in [0.2, 0.25) is 11.9 Å². The van der Waals surface area contributed by atoms with Crippen molar-refractivity contribution in [2.24, 2.45) is 0 Å². The Bertz CT molecular complexity index is 1140. The average Bonchev–Trinajstić information content (AvgIpc) is 2.88. The highest BCUT2D eigenvalue weighted by Gasteiger charge is 2.20. The summed E-state index contributed by atoms with van der Waals surface area (Å²) in [6.07, 6.45) is 1.69. The molecule has 9 nitrogen and oxygen atoms in total. The van der Waals surface area contributed by atoms with E-state index in [0.29, 0.717) is 11.7 Å². The van der Waals surface area contributed by atoms with Gasteiger partial charge in [-0.2, -0.15) is 0 Å². The first-order valence-electron chi connectivity index (χ1n) is 11.7. The molecule has 1 aliphatic rings. The third-order valence-corrected chi connectivity index (χ3v) is 5.80. The molecule has 9 heteroatoms. The molecule has 0 aliphatic carbocycles. The second kappa shape index (κ2) is 11.4. The second-order valence-corrected chi connectivity index (χ2v) is 8.28. The molecular weight excluding hydrogens is 444 g/mol. The lowest BCUT2D eigenvalue weighted by Crippen LogP contribution is -2.49. The molecule has 1 aromatic heterocycles. The van der Waals surface area contributed by atoms with Gasteiger partial charge in [0.15, 0.2) is 6.61 Å². The van der Waals surface area contributed by atoms with Crippen LogP contribution in [0.2, 0.25) is 0 Å². The number of rotatable bonds is 8. The van der Waals surface area contributed by atoms with Crippen LogP contribution >= 0.6 is 0 Å². The first kappa shape index (κ1) is 24.2. The second-order valence-electron chi connectivity index (χ2n) is 8.28. The van der Waals surface area contributed by atoms with E-state index < -0.39 is 0 Å². The summed E-state index contributed by atoms with van der Waals surface area (Å²) in [6, 6.07) is 16.6. The molecule has 0 unspecified atom stereocenters. The molecule has 0 saturated carbocycles. The van der Waals surface area contributed by atoms with E-state index in [-0.39, 0.29) is 18.4 Å². The highest BCUT2D eigenvalue weighted by Crippen LogP contribution is 2.22. The number of nitrogens with one attached hydrogen (secondary N) is 2. The number of ether oxygens (including phenoxy) is 1. The fraction of sp³-hybridized carbons (Fsp3) is 0.308. The van der Waals surface area contributed by atoms with Crippen LogP contribution in [0.4, 0.5) is 17.3 Å². The van der Waals surface area contributed by atoms with E-state index in [2.05, 4.69) is 32.4 Å². The van der Waals surface area contributed by atoms with Gasteiger partial charge >= 0.3 is 0 Å². The van der Waals surface area contributed by atoms with Crippen molar-refractivity contribution in [3.05, 3.63) is 60.8 Å². The van der Waals surface area contributed by atoms with Crippen molar-refractivity contribution >= 4 is 29.1 Å². The van der Waals surface area contributed by atoms with Crippen molar-refractivity contribution < 1.29 is 14.3 Å².